The van der Waals surface area contributed by atoms with E-state index in [0.717, 1.165) is 29.7 Å². The number of thiophene rings is 1. The number of benzene rings is 1. The topological polar surface area (TPSA) is 101 Å². The van der Waals surface area contributed by atoms with Gasteiger partial charge in [-0.2, -0.15) is 0 Å². The first-order valence-electron chi connectivity index (χ1n) is 8.09. The van der Waals surface area contributed by atoms with Crippen molar-refractivity contribution >= 4 is 39.9 Å². The standard InChI is InChI=1S/C18H17N3O4S/c1-19-17(23)16-13-3-2-4-14(13)26-18(16)20-15(22)10-7-11-5-8-12(9-6-11)21(24)25/h5-10H,2-4H2,1H3,(H,19,23)(H,20,22). The molecule has 26 heavy (non-hydrogen) atoms. The molecule has 0 spiro atoms. The summed E-state index contributed by atoms with van der Waals surface area (Å²) in [6, 6.07) is 5.89. The van der Waals surface area contributed by atoms with Gasteiger partial charge in [0.05, 0.1) is 10.5 Å². The van der Waals surface area contributed by atoms with E-state index in [1.165, 1.54) is 29.5 Å². The molecule has 0 bridgehead atoms. The number of non-ortho nitro benzene ring substituents is 1. The van der Waals surface area contributed by atoms with Gasteiger partial charge in [0.15, 0.2) is 0 Å². The Morgan fingerprint density at radius 3 is 2.62 bits per heavy atom. The van der Waals surface area contributed by atoms with Crippen LogP contribution in [0.2, 0.25) is 0 Å². The van der Waals surface area contributed by atoms with E-state index in [9.17, 15) is 19.7 Å². The number of anilines is 1. The molecule has 0 saturated heterocycles. The summed E-state index contributed by atoms with van der Waals surface area (Å²) >= 11 is 1.45. The number of carbonyl (C=O) groups is 2. The molecule has 0 aliphatic heterocycles. The molecule has 3 rings (SSSR count). The van der Waals surface area contributed by atoms with Crippen LogP contribution in [0.4, 0.5) is 10.7 Å². The van der Waals surface area contributed by atoms with Gasteiger partial charge in [-0.15, -0.1) is 11.3 Å². The molecule has 0 unspecified atom stereocenters. The fraction of sp³-hybridized carbons (Fsp3) is 0.222. The van der Waals surface area contributed by atoms with Gasteiger partial charge in [-0.1, -0.05) is 0 Å². The van der Waals surface area contributed by atoms with Crippen LogP contribution in [0.3, 0.4) is 0 Å². The van der Waals surface area contributed by atoms with Crippen LogP contribution in [0.25, 0.3) is 6.08 Å². The van der Waals surface area contributed by atoms with Crippen molar-refractivity contribution in [3.05, 3.63) is 62.0 Å². The maximum Gasteiger partial charge on any atom is 0.269 e. The van der Waals surface area contributed by atoms with Gasteiger partial charge in [0.2, 0.25) is 5.91 Å². The number of aryl methyl sites for hydroxylation is 1. The minimum Gasteiger partial charge on any atom is -0.355 e. The van der Waals surface area contributed by atoms with Gasteiger partial charge in [-0.25, -0.2) is 0 Å². The first-order chi connectivity index (χ1) is 12.5. The predicted octanol–water partition coefficient (Wildman–Crippen LogP) is 3.16. The molecule has 0 radical (unpaired) electrons. The van der Waals surface area contributed by atoms with E-state index < -0.39 is 4.92 Å². The van der Waals surface area contributed by atoms with Gasteiger partial charge in [-0.3, -0.25) is 19.7 Å². The highest BCUT2D eigenvalue weighted by Crippen LogP contribution is 2.39. The van der Waals surface area contributed by atoms with Gasteiger partial charge in [0.1, 0.15) is 5.00 Å². The minimum atomic E-state index is -0.476. The summed E-state index contributed by atoms with van der Waals surface area (Å²) in [6.45, 7) is 0. The molecule has 2 aromatic rings. The van der Waals surface area contributed by atoms with Crippen LogP contribution in [0, 0.1) is 10.1 Å². The van der Waals surface area contributed by atoms with Crippen molar-refractivity contribution in [3.63, 3.8) is 0 Å². The Morgan fingerprint density at radius 1 is 1.23 bits per heavy atom. The number of nitro groups is 1. The molecule has 1 heterocycles. The molecule has 0 fully saturated rings. The Morgan fingerprint density at radius 2 is 1.96 bits per heavy atom. The van der Waals surface area contributed by atoms with Crippen molar-refractivity contribution < 1.29 is 14.5 Å². The number of rotatable bonds is 5. The number of amides is 2. The number of hydrogen-bond donors (Lipinski definition) is 2. The summed E-state index contributed by atoms with van der Waals surface area (Å²) < 4.78 is 0. The largest absolute Gasteiger partial charge is 0.355 e. The highest BCUT2D eigenvalue weighted by molar-refractivity contribution is 7.17. The Hall–Kier alpha value is -3.00. The SMILES string of the molecule is CNC(=O)c1c(NC(=O)C=Cc2ccc([N+](=O)[O-])cc2)sc2c1CCC2. The van der Waals surface area contributed by atoms with E-state index in [1.807, 2.05) is 0 Å². The quantitative estimate of drug-likeness (QED) is 0.479. The van der Waals surface area contributed by atoms with Crippen LogP contribution >= 0.6 is 11.3 Å². The minimum absolute atomic E-state index is 0.00470. The number of nitro benzene ring substituents is 1. The second-order valence-corrected chi connectivity index (χ2v) is 6.92. The van der Waals surface area contributed by atoms with E-state index in [4.69, 9.17) is 0 Å². The van der Waals surface area contributed by atoms with Crippen LogP contribution in [-0.2, 0) is 17.6 Å². The summed E-state index contributed by atoms with van der Waals surface area (Å²) in [6.07, 6.45) is 5.72. The molecule has 134 valence electrons. The summed E-state index contributed by atoms with van der Waals surface area (Å²) in [5.41, 5.74) is 2.26. The normalized spacial score (nSPS) is 12.8. The van der Waals surface area contributed by atoms with Crippen LogP contribution in [-0.4, -0.2) is 23.8 Å². The van der Waals surface area contributed by atoms with Crippen molar-refractivity contribution in [2.24, 2.45) is 0 Å². The molecule has 8 heteroatoms. The molecule has 0 saturated carbocycles. The van der Waals surface area contributed by atoms with E-state index in [0.29, 0.717) is 16.1 Å². The van der Waals surface area contributed by atoms with Crippen molar-refractivity contribution in [2.75, 3.05) is 12.4 Å². The van der Waals surface area contributed by atoms with Gasteiger partial charge in [-0.05, 0) is 48.6 Å². The fourth-order valence-electron chi connectivity index (χ4n) is 2.89. The first-order valence-corrected chi connectivity index (χ1v) is 8.91. The Labute approximate surface area is 153 Å². The van der Waals surface area contributed by atoms with Gasteiger partial charge < -0.3 is 10.6 Å². The third-order valence-electron chi connectivity index (χ3n) is 4.14. The zero-order chi connectivity index (χ0) is 18.7. The Bertz CT molecular complexity index is 900. The van der Waals surface area contributed by atoms with E-state index in [2.05, 4.69) is 10.6 Å². The number of carbonyl (C=O) groups excluding carboxylic acids is 2. The molecule has 1 aliphatic carbocycles. The summed E-state index contributed by atoms with van der Waals surface area (Å²) in [7, 11) is 1.57. The van der Waals surface area contributed by atoms with E-state index in [1.54, 1.807) is 25.3 Å². The van der Waals surface area contributed by atoms with Crippen LogP contribution in [0.5, 0.6) is 0 Å². The monoisotopic (exact) mass is 371 g/mol. The molecule has 1 aromatic carbocycles. The average Bonchev–Trinajstić information content (AvgIpc) is 3.20. The van der Waals surface area contributed by atoms with Gasteiger partial charge >= 0.3 is 0 Å². The van der Waals surface area contributed by atoms with Crippen molar-refractivity contribution in [2.45, 2.75) is 19.3 Å². The lowest BCUT2D eigenvalue weighted by molar-refractivity contribution is -0.384. The third-order valence-corrected chi connectivity index (χ3v) is 5.35. The lowest BCUT2D eigenvalue weighted by Gasteiger charge is -2.05. The molecular weight excluding hydrogens is 354 g/mol. The smallest absolute Gasteiger partial charge is 0.269 e. The van der Waals surface area contributed by atoms with Gasteiger partial charge in [0, 0.05) is 30.1 Å². The number of hydrogen-bond acceptors (Lipinski definition) is 5. The average molecular weight is 371 g/mol. The zero-order valence-electron chi connectivity index (χ0n) is 14.1. The highest BCUT2D eigenvalue weighted by atomic mass is 32.1. The van der Waals surface area contributed by atoms with Crippen molar-refractivity contribution in [1.82, 2.24) is 5.32 Å². The number of nitrogens with zero attached hydrogens (tertiary/aromatic N) is 1. The maximum atomic E-state index is 12.2. The highest BCUT2D eigenvalue weighted by Gasteiger charge is 2.26. The molecule has 1 aromatic heterocycles. The summed E-state index contributed by atoms with van der Waals surface area (Å²) in [5.74, 6) is -0.549. The maximum absolute atomic E-state index is 12.2. The van der Waals surface area contributed by atoms with Crippen LogP contribution < -0.4 is 10.6 Å². The van der Waals surface area contributed by atoms with Crippen LogP contribution in [0.15, 0.2) is 30.3 Å². The van der Waals surface area contributed by atoms with E-state index >= 15 is 0 Å². The van der Waals surface area contributed by atoms with Gasteiger partial charge in [0.25, 0.3) is 11.6 Å². The second-order valence-electron chi connectivity index (χ2n) is 5.81. The van der Waals surface area contributed by atoms with Crippen molar-refractivity contribution in [3.8, 4) is 0 Å². The summed E-state index contributed by atoms with van der Waals surface area (Å²) in [5, 5.41) is 16.6. The first kappa shape index (κ1) is 17.8. The third kappa shape index (κ3) is 3.65. The van der Waals surface area contributed by atoms with E-state index in [-0.39, 0.29) is 17.5 Å². The second kappa shape index (κ2) is 7.49. The Kier molecular flexibility index (Phi) is 5.13. The lowest BCUT2D eigenvalue weighted by atomic mass is 10.1. The molecule has 1 aliphatic rings. The summed E-state index contributed by atoms with van der Waals surface area (Å²) in [4.78, 5) is 35.7. The fourth-order valence-corrected chi connectivity index (χ4v) is 4.18. The zero-order valence-corrected chi connectivity index (χ0v) is 14.9. The predicted molar refractivity (Wildman–Crippen MR) is 100 cm³/mol. The number of fused-ring (bicyclic) bond motifs is 1. The molecular formula is C18H17N3O4S. The molecule has 2 amide bonds. The molecule has 7 nitrogen and oxygen atoms in total. The molecule has 0 atom stereocenters. The molecule has 2 N–H and O–H groups in total. The lowest BCUT2D eigenvalue weighted by Crippen LogP contribution is -2.21. The van der Waals surface area contributed by atoms with Crippen LogP contribution in [0.1, 0.15) is 32.8 Å². The Balaban J connectivity index is 1.74. The number of nitrogens with one attached hydrogen (secondary N) is 2. The van der Waals surface area contributed by atoms with Crippen molar-refractivity contribution in [1.29, 1.82) is 0 Å².